The molecule has 2 N–H and O–H groups in total. The monoisotopic (exact) mass is 269 g/mol. The zero-order chi connectivity index (χ0) is 13.1. The summed E-state index contributed by atoms with van der Waals surface area (Å²) in [5, 5.41) is 0.613. The maximum Gasteiger partial charge on any atom is 0.270 e. The summed E-state index contributed by atoms with van der Waals surface area (Å²) in [6.45, 7) is 4.08. The average molecular weight is 270 g/mol. The van der Waals surface area contributed by atoms with E-state index in [0.717, 1.165) is 32.4 Å². The fraction of sp³-hybridized carbons (Fsp3) is 0.615. The molecule has 4 nitrogen and oxygen atoms in total. The lowest BCUT2D eigenvalue weighted by Gasteiger charge is -2.35. The molecular weight excluding hydrogens is 250 g/mol. The molecule has 1 amide bonds. The molecule has 0 radical (unpaired) electrons. The second-order valence-corrected chi connectivity index (χ2v) is 5.15. The van der Waals surface area contributed by atoms with E-state index in [1.807, 2.05) is 16.4 Å². The Morgan fingerprint density at radius 2 is 2.33 bits per heavy atom. The number of carbonyl (C=O) groups excluding carboxylic acids is 1. The number of nitrogens with two attached hydrogens (primary N) is 1. The van der Waals surface area contributed by atoms with Crippen LogP contribution in [0, 0.1) is 0 Å². The van der Waals surface area contributed by atoms with Crippen molar-refractivity contribution in [2.24, 2.45) is 5.73 Å². The molecule has 1 aromatic rings. The summed E-state index contributed by atoms with van der Waals surface area (Å²) < 4.78 is 1.90. The molecule has 1 aromatic heterocycles. The maximum absolute atomic E-state index is 12.6. The summed E-state index contributed by atoms with van der Waals surface area (Å²) >= 11 is 5.98. The van der Waals surface area contributed by atoms with Gasteiger partial charge >= 0.3 is 0 Å². The Balaban J connectivity index is 2.23. The highest BCUT2D eigenvalue weighted by molar-refractivity contribution is 6.31. The van der Waals surface area contributed by atoms with Crippen LogP contribution in [0.5, 0.6) is 0 Å². The van der Waals surface area contributed by atoms with Gasteiger partial charge in [-0.1, -0.05) is 11.6 Å². The third kappa shape index (κ3) is 2.54. The highest BCUT2D eigenvalue weighted by atomic mass is 35.5. The van der Waals surface area contributed by atoms with Crippen molar-refractivity contribution in [3.63, 3.8) is 0 Å². The predicted octanol–water partition coefficient (Wildman–Crippen LogP) is 2.11. The number of carbonyl (C=O) groups is 1. The first-order chi connectivity index (χ1) is 8.67. The molecule has 1 fully saturated rings. The molecule has 0 aliphatic carbocycles. The molecule has 0 aromatic carbocycles. The quantitative estimate of drug-likeness (QED) is 0.914. The van der Waals surface area contributed by atoms with Crippen molar-refractivity contribution >= 4 is 17.5 Å². The number of amides is 1. The molecule has 1 atom stereocenters. The third-order valence-electron chi connectivity index (χ3n) is 3.58. The summed E-state index contributed by atoms with van der Waals surface area (Å²) in [5.41, 5.74) is 6.43. The number of hydrogen-bond acceptors (Lipinski definition) is 2. The van der Waals surface area contributed by atoms with Crippen LogP contribution in [0.2, 0.25) is 5.02 Å². The zero-order valence-electron chi connectivity index (χ0n) is 10.7. The lowest BCUT2D eigenvalue weighted by Crippen LogP contribution is -2.47. The van der Waals surface area contributed by atoms with Gasteiger partial charge in [0, 0.05) is 31.9 Å². The van der Waals surface area contributed by atoms with E-state index < -0.39 is 0 Å². The van der Waals surface area contributed by atoms with E-state index in [4.69, 9.17) is 17.3 Å². The Morgan fingerprint density at radius 1 is 1.56 bits per heavy atom. The standard InChI is InChI=1S/C13H20ClN3O/c1-2-16-9-10(14)7-12(16)13(18)17-6-4-3-5-11(17)8-15/h7,9,11H,2-6,8,15H2,1H3. The third-order valence-corrected chi connectivity index (χ3v) is 3.79. The Bertz CT molecular complexity index is 430. The molecule has 2 rings (SSSR count). The van der Waals surface area contributed by atoms with E-state index >= 15 is 0 Å². The van der Waals surface area contributed by atoms with Crippen LogP contribution in [0.25, 0.3) is 0 Å². The smallest absolute Gasteiger partial charge is 0.270 e. The number of piperidine rings is 1. The molecule has 1 aliphatic rings. The van der Waals surface area contributed by atoms with E-state index in [0.29, 0.717) is 17.3 Å². The summed E-state index contributed by atoms with van der Waals surface area (Å²) in [4.78, 5) is 14.5. The molecule has 0 spiro atoms. The first kappa shape index (κ1) is 13.4. The van der Waals surface area contributed by atoms with Crippen LogP contribution in [0.15, 0.2) is 12.3 Å². The van der Waals surface area contributed by atoms with Gasteiger partial charge in [0.1, 0.15) is 5.69 Å². The number of rotatable bonds is 3. The van der Waals surface area contributed by atoms with Crippen molar-refractivity contribution < 1.29 is 4.79 Å². The van der Waals surface area contributed by atoms with Gasteiger partial charge in [-0.3, -0.25) is 4.79 Å². The molecule has 2 heterocycles. The summed E-state index contributed by atoms with van der Waals surface area (Å²) in [5.74, 6) is 0.0545. The molecule has 18 heavy (non-hydrogen) atoms. The van der Waals surface area contributed by atoms with E-state index in [1.165, 1.54) is 0 Å². The van der Waals surface area contributed by atoms with Gasteiger partial charge in [0.05, 0.1) is 5.02 Å². The zero-order valence-corrected chi connectivity index (χ0v) is 11.5. The van der Waals surface area contributed by atoms with Gasteiger partial charge in [0.2, 0.25) is 0 Å². The van der Waals surface area contributed by atoms with Gasteiger partial charge in [0.25, 0.3) is 5.91 Å². The van der Waals surface area contributed by atoms with E-state index in [2.05, 4.69) is 0 Å². The Hall–Kier alpha value is -1.00. The van der Waals surface area contributed by atoms with Crippen LogP contribution in [0.3, 0.4) is 0 Å². The van der Waals surface area contributed by atoms with Crippen LogP contribution >= 0.6 is 11.6 Å². The number of halogens is 1. The number of hydrogen-bond donors (Lipinski definition) is 1. The van der Waals surface area contributed by atoms with Gasteiger partial charge < -0.3 is 15.2 Å². The molecule has 0 saturated carbocycles. The molecular formula is C13H20ClN3O. The van der Waals surface area contributed by atoms with Crippen LogP contribution in [-0.2, 0) is 6.54 Å². The maximum atomic E-state index is 12.6. The summed E-state index contributed by atoms with van der Waals surface area (Å²) in [6, 6.07) is 1.92. The van der Waals surface area contributed by atoms with Crippen molar-refractivity contribution in [3.8, 4) is 0 Å². The normalized spacial score (nSPS) is 20.2. The van der Waals surface area contributed by atoms with Crippen molar-refractivity contribution in [1.29, 1.82) is 0 Å². The number of likely N-dealkylation sites (tertiary alicyclic amines) is 1. The minimum Gasteiger partial charge on any atom is -0.342 e. The molecule has 1 saturated heterocycles. The lowest BCUT2D eigenvalue weighted by molar-refractivity contribution is 0.0612. The summed E-state index contributed by atoms with van der Waals surface area (Å²) in [7, 11) is 0. The van der Waals surface area contributed by atoms with E-state index in [9.17, 15) is 4.79 Å². The molecule has 100 valence electrons. The first-order valence-corrected chi connectivity index (χ1v) is 6.92. The number of aromatic nitrogens is 1. The largest absolute Gasteiger partial charge is 0.342 e. The highest BCUT2D eigenvalue weighted by Gasteiger charge is 2.28. The molecule has 0 bridgehead atoms. The number of nitrogens with zero attached hydrogens (tertiary/aromatic N) is 2. The van der Waals surface area contributed by atoms with Gasteiger partial charge in [-0.2, -0.15) is 0 Å². The minimum absolute atomic E-state index is 0.0545. The minimum atomic E-state index is 0.0545. The van der Waals surface area contributed by atoms with Gasteiger partial charge in [-0.25, -0.2) is 0 Å². The second-order valence-electron chi connectivity index (χ2n) is 4.71. The lowest BCUT2D eigenvalue weighted by atomic mass is 10.0. The first-order valence-electron chi connectivity index (χ1n) is 6.54. The SMILES string of the molecule is CCn1cc(Cl)cc1C(=O)N1CCCCC1CN. The Kier molecular flexibility index (Phi) is 4.30. The van der Waals surface area contributed by atoms with Crippen molar-refractivity contribution in [2.75, 3.05) is 13.1 Å². The van der Waals surface area contributed by atoms with Gasteiger partial charge in [-0.15, -0.1) is 0 Å². The van der Waals surface area contributed by atoms with Crippen molar-refractivity contribution in [3.05, 3.63) is 23.0 Å². The Labute approximate surface area is 113 Å². The molecule has 1 aliphatic heterocycles. The molecule has 1 unspecified atom stereocenters. The fourth-order valence-electron chi connectivity index (χ4n) is 2.58. The molecule has 5 heteroatoms. The van der Waals surface area contributed by atoms with Crippen LogP contribution in [0.1, 0.15) is 36.7 Å². The van der Waals surface area contributed by atoms with E-state index in [-0.39, 0.29) is 11.9 Å². The Morgan fingerprint density at radius 3 is 3.00 bits per heavy atom. The van der Waals surface area contributed by atoms with Crippen LogP contribution in [0.4, 0.5) is 0 Å². The average Bonchev–Trinajstić information content (AvgIpc) is 2.79. The second kappa shape index (κ2) is 5.76. The van der Waals surface area contributed by atoms with E-state index in [1.54, 1.807) is 12.3 Å². The van der Waals surface area contributed by atoms with Crippen molar-refractivity contribution in [2.45, 2.75) is 38.8 Å². The topological polar surface area (TPSA) is 51.3 Å². The van der Waals surface area contributed by atoms with Crippen LogP contribution < -0.4 is 5.73 Å². The van der Waals surface area contributed by atoms with Crippen LogP contribution in [-0.4, -0.2) is 34.5 Å². The summed E-state index contributed by atoms with van der Waals surface area (Å²) in [6.07, 6.45) is 5.02. The highest BCUT2D eigenvalue weighted by Crippen LogP contribution is 2.21. The van der Waals surface area contributed by atoms with Gasteiger partial charge in [0.15, 0.2) is 0 Å². The predicted molar refractivity (Wildman–Crippen MR) is 72.8 cm³/mol. The van der Waals surface area contributed by atoms with Crippen molar-refractivity contribution in [1.82, 2.24) is 9.47 Å². The van der Waals surface area contributed by atoms with Gasteiger partial charge in [-0.05, 0) is 32.3 Å². The fourth-order valence-corrected chi connectivity index (χ4v) is 2.80. The number of aryl methyl sites for hydroxylation is 1.